The van der Waals surface area contributed by atoms with Crippen molar-refractivity contribution in [2.75, 3.05) is 32.2 Å². The zero-order valence-electron chi connectivity index (χ0n) is 17.9. The molecular formula is C23H24N4O4S. The van der Waals surface area contributed by atoms with Gasteiger partial charge in [0, 0.05) is 23.2 Å². The summed E-state index contributed by atoms with van der Waals surface area (Å²) in [5.74, 6) is 0.438. The van der Waals surface area contributed by atoms with Crippen molar-refractivity contribution in [3.63, 3.8) is 0 Å². The van der Waals surface area contributed by atoms with Gasteiger partial charge in [-0.1, -0.05) is 18.2 Å². The lowest BCUT2D eigenvalue weighted by molar-refractivity contribution is -0.120. The van der Waals surface area contributed by atoms with Crippen molar-refractivity contribution in [3.8, 4) is 22.1 Å². The summed E-state index contributed by atoms with van der Waals surface area (Å²) in [5.41, 5.74) is 8.28. The van der Waals surface area contributed by atoms with E-state index >= 15 is 0 Å². The van der Waals surface area contributed by atoms with Crippen LogP contribution in [0.5, 0.6) is 11.5 Å². The molecule has 0 unspecified atom stereocenters. The predicted molar refractivity (Wildman–Crippen MR) is 123 cm³/mol. The first kappa shape index (κ1) is 21.6. The van der Waals surface area contributed by atoms with Crippen molar-refractivity contribution in [2.45, 2.75) is 12.8 Å². The van der Waals surface area contributed by atoms with E-state index in [1.54, 1.807) is 31.7 Å². The first-order valence-corrected chi connectivity index (χ1v) is 11.1. The van der Waals surface area contributed by atoms with Crippen LogP contribution in [0.25, 0.3) is 10.6 Å². The fourth-order valence-corrected chi connectivity index (χ4v) is 4.46. The minimum atomic E-state index is -0.472. The number of para-hydroxylation sites is 1. The molecule has 0 radical (unpaired) electrons. The number of amides is 2. The van der Waals surface area contributed by atoms with Crippen LogP contribution in [0.4, 0.5) is 5.69 Å². The van der Waals surface area contributed by atoms with Crippen molar-refractivity contribution >= 4 is 28.8 Å². The molecule has 1 aliphatic rings. The van der Waals surface area contributed by atoms with E-state index in [4.69, 9.17) is 9.47 Å². The minimum Gasteiger partial charge on any atom is -0.493 e. The standard InChI is InChI=1S/C23H24N4O4S/c1-30-19-10-9-16(12-20(19)31-2)23-24-17(14-32-23)22(29)26-25-21(28)13-27-11-5-7-15-6-3-4-8-18(15)27/h3-4,6,8-10,12,14H,5,7,11,13H2,1-2H3,(H,25,28)(H,26,29). The largest absolute Gasteiger partial charge is 0.493 e. The van der Waals surface area contributed by atoms with E-state index in [2.05, 4.69) is 21.9 Å². The number of nitrogens with one attached hydrogen (secondary N) is 2. The van der Waals surface area contributed by atoms with Gasteiger partial charge in [-0.3, -0.25) is 20.4 Å². The molecule has 0 saturated carbocycles. The molecular weight excluding hydrogens is 428 g/mol. The summed E-state index contributed by atoms with van der Waals surface area (Å²) >= 11 is 1.33. The van der Waals surface area contributed by atoms with Gasteiger partial charge in [-0.2, -0.15) is 0 Å². The lowest BCUT2D eigenvalue weighted by atomic mass is 10.0. The lowest BCUT2D eigenvalue weighted by Crippen LogP contribution is -2.47. The van der Waals surface area contributed by atoms with Crippen LogP contribution in [0.1, 0.15) is 22.5 Å². The second-order valence-corrected chi connectivity index (χ2v) is 8.12. The fourth-order valence-electron chi connectivity index (χ4n) is 3.66. The molecule has 4 rings (SSSR count). The van der Waals surface area contributed by atoms with Gasteiger partial charge in [-0.15, -0.1) is 11.3 Å². The molecule has 3 aromatic rings. The summed E-state index contributed by atoms with van der Waals surface area (Å²) in [6, 6.07) is 13.5. The number of rotatable bonds is 6. The third-order valence-electron chi connectivity index (χ3n) is 5.22. The van der Waals surface area contributed by atoms with Crippen LogP contribution >= 0.6 is 11.3 Å². The van der Waals surface area contributed by atoms with E-state index in [0.717, 1.165) is 30.6 Å². The number of carbonyl (C=O) groups excluding carboxylic acids is 2. The Morgan fingerprint density at radius 3 is 2.72 bits per heavy atom. The fraction of sp³-hybridized carbons (Fsp3) is 0.261. The Kier molecular flexibility index (Phi) is 6.55. The molecule has 0 fully saturated rings. The zero-order valence-corrected chi connectivity index (χ0v) is 18.7. The van der Waals surface area contributed by atoms with Crippen LogP contribution < -0.4 is 25.2 Å². The molecule has 0 saturated heterocycles. The highest BCUT2D eigenvalue weighted by Crippen LogP contribution is 2.33. The molecule has 32 heavy (non-hydrogen) atoms. The van der Waals surface area contributed by atoms with Crippen molar-refractivity contribution in [3.05, 3.63) is 59.1 Å². The van der Waals surface area contributed by atoms with Crippen LogP contribution in [0.3, 0.4) is 0 Å². The average molecular weight is 453 g/mol. The zero-order chi connectivity index (χ0) is 22.5. The third-order valence-corrected chi connectivity index (χ3v) is 6.12. The maximum absolute atomic E-state index is 12.5. The minimum absolute atomic E-state index is 0.172. The molecule has 2 aromatic carbocycles. The van der Waals surface area contributed by atoms with Gasteiger partial charge in [0.25, 0.3) is 11.8 Å². The number of fused-ring (bicyclic) bond motifs is 1. The van der Waals surface area contributed by atoms with Crippen molar-refractivity contribution in [1.29, 1.82) is 0 Å². The second kappa shape index (κ2) is 9.69. The van der Waals surface area contributed by atoms with Crippen LogP contribution in [0, 0.1) is 0 Å². The van der Waals surface area contributed by atoms with Crippen molar-refractivity contribution in [1.82, 2.24) is 15.8 Å². The first-order valence-electron chi connectivity index (χ1n) is 10.2. The molecule has 9 heteroatoms. The summed E-state index contributed by atoms with van der Waals surface area (Å²) in [6.45, 7) is 0.977. The van der Waals surface area contributed by atoms with Crippen LogP contribution in [-0.4, -0.2) is 44.1 Å². The number of ether oxygens (including phenoxy) is 2. The Hall–Kier alpha value is -3.59. The van der Waals surface area contributed by atoms with Crippen LogP contribution in [0.2, 0.25) is 0 Å². The monoisotopic (exact) mass is 452 g/mol. The van der Waals surface area contributed by atoms with Crippen molar-refractivity contribution in [2.24, 2.45) is 0 Å². The number of anilines is 1. The van der Waals surface area contributed by atoms with E-state index in [9.17, 15) is 9.59 Å². The summed E-state index contributed by atoms with van der Waals surface area (Å²) < 4.78 is 10.6. The number of aryl methyl sites for hydroxylation is 1. The molecule has 2 heterocycles. The molecule has 0 bridgehead atoms. The van der Waals surface area contributed by atoms with Crippen LogP contribution in [-0.2, 0) is 11.2 Å². The highest BCUT2D eigenvalue weighted by molar-refractivity contribution is 7.13. The third kappa shape index (κ3) is 4.67. The van der Waals surface area contributed by atoms with Gasteiger partial charge in [0.2, 0.25) is 0 Å². The smallest absolute Gasteiger partial charge is 0.289 e. The van der Waals surface area contributed by atoms with Gasteiger partial charge in [-0.05, 0) is 42.7 Å². The maximum Gasteiger partial charge on any atom is 0.289 e. The molecule has 0 spiro atoms. The maximum atomic E-state index is 12.5. The van der Waals surface area contributed by atoms with Crippen molar-refractivity contribution < 1.29 is 19.1 Å². The van der Waals surface area contributed by atoms with E-state index in [1.807, 2.05) is 29.2 Å². The topological polar surface area (TPSA) is 92.8 Å². The average Bonchev–Trinajstić information content (AvgIpc) is 3.33. The van der Waals surface area contributed by atoms with E-state index in [0.29, 0.717) is 16.5 Å². The first-order chi connectivity index (χ1) is 15.6. The molecule has 1 aromatic heterocycles. The Balaban J connectivity index is 1.35. The summed E-state index contributed by atoms with van der Waals surface area (Å²) in [6.07, 6.45) is 2.01. The predicted octanol–water partition coefficient (Wildman–Crippen LogP) is 3.04. The molecule has 2 N–H and O–H groups in total. The number of hydrogen-bond donors (Lipinski definition) is 2. The van der Waals surface area contributed by atoms with E-state index < -0.39 is 5.91 Å². The Labute approximate surface area is 190 Å². The highest BCUT2D eigenvalue weighted by atomic mass is 32.1. The molecule has 2 amide bonds. The van der Waals surface area contributed by atoms with E-state index in [-0.39, 0.29) is 18.1 Å². The number of benzene rings is 2. The van der Waals surface area contributed by atoms with Gasteiger partial charge in [0.05, 0.1) is 20.8 Å². The Bertz CT molecular complexity index is 1130. The molecule has 1 aliphatic heterocycles. The van der Waals surface area contributed by atoms with Crippen LogP contribution in [0.15, 0.2) is 47.8 Å². The SMILES string of the molecule is COc1ccc(-c2nc(C(=O)NNC(=O)CN3CCCc4ccccc43)cs2)cc1OC. The van der Waals surface area contributed by atoms with Gasteiger partial charge in [0.15, 0.2) is 11.5 Å². The Morgan fingerprint density at radius 2 is 1.91 bits per heavy atom. The number of aromatic nitrogens is 1. The number of hydrazine groups is 1. The van der Waals surface area contributed by atoms with E-state index in [1.165, 1.54) is 16.9 Å². The number of methoxy groups -OCH3 is 2. The van der Waals surface area contributed by atoms with Gasteiger partial charge in [0.1, 0.15) is 10.7 Å². The normalized spacial score (nSPS) is 12.6. The number of nitrogens with zero attached hydrogens (tertiary/aromatic N) is 2. The molecule has 0 atom stereocenters. The van der Waals surface area contributed by atoms with Gasteiger partial charge >= 0.3 is 0 Å². The number of hydrogen-bond acceptors (Lipinski definition) is 7. The summed E-state index contributed by atoms with van der Waals surface area (Å²) in [4.78, 5) is 31.3. The lowest BCUT2D eigenvalue weighted by Gasteiger charge is -2.30. The molecule has 8 nitrogen and oxygen atoms in total. The highest BCUT2D eigenvalue weighted by Gasteiger charge is 2.19. The van der Waals surface area contributed by atoms with Gasteiger partial charge in [-0.25, -0.2) is 4.98 Å². The summed E-state index contributed by atoms with van der Waals surface area (Å²) in [7, 11) is 3.13. The molecule has 0 aliphatic carbocycles. The number of thiazole rings is 1. The second-order valence-electron chi connectivity index (χ2n) is 7.26. The summed E-state index contributed by atoms with van der Waals surface area (Å²) in [5, 5.41) is 2.31. The molecule has 166 valence electrons. The quantitative estimate of drug-likeness (QED) is 0.559. The Morgan fingerprint density at radius 1 is 1.09 bits per heavy atom. The number of carbonyl (C=O) groups is 2. The van der Waals surface area contributed by atoms with Gasteiger partial charge < -0.3 is 14.4 Å².